The number of carbonyl (C=O) groups excluding carboxylic acids is 2. The Hall–Kier alpha value is -0.710. The molecule has 0 aliphatic carbocycles. The molecule has 76 valence electrons. The number of hydrogen-bond acceptors (Lipinski definition) is 4. The zero-order valence-corrected chi connectivity index (χ0v) is 9.02. The zero-order chi connectivity index (χ0) is 10.3. The fourth-order valence-corrected chi connectivity index (χ4v) is 1.11. The molecule has 0 radical (unpaired) electrons. The summed E-state index contributed by atoms with van der Waals surface area (Å²) in [7, 11) is 2.90. The maximum Gasteiger partial charge on any atom is 0.325 e. The van der Waals surface area contributed by atoms with E-state index in [1.807, 2.05) is 6.26 Å². The first-order valence-corrected chi connectivity index (χ1v) is 5.31. The quantitative estimate of drug-likeness (QED) is 0.608. The number of rotatable bonds is 5. The highest BCUT2D eigenvalue weighted by atomic mass is 32.2. The van der Waals surface area contributed by atoms with Gasteiger partial charge in [-0.15, -0.1) is 0 Å². The van der Waals surface area contributed by atoms with Crippen molar-refractivity contribution in [2.75, 3.05) is 32.7 Å². The van der Waals surface area contributed by atoms with Crippen molar-refractivity contribution < 1.29 is 14.3 Å². The van der Waals surface area contributed by atoms with Crippen LogP contribution in [0.2, 0.25) is 0 Å². The number of ether oxygens (including phenoxy) is 1. The maximum absolute atomic E-state index is 11.3. The summed E-state index contributed by atoms with van der Waals surface area (Å²) in [6.45, 7) is 0.0315. The molecule has 0 aliphatic rings. The van der Waals surface area contributed by atoms with Crippen LogP contribution in [-0.2, 0) is 14.3 Å². The molecule has 1 amide bonds. The number of carbonyl (C=O) groups is 2. The lowest BCUT2D eigenvalue weighted by molar-refractivity contribution is -0.145. The standard InChI is InChI=1S/C8H15NO3S/c1-9(6-8(11)12-2)7(10)4-5-13-3/h4-6H2,1-3H3. The van der Waals surface area contributed by atoms with E-state index < -0.39 is 0 Å². The second-order valence-electron chi connectivity index (χ2n) is 2.57. The lowest BCUT2D eigenvalue weighted by atomic mass is 10.4. The molecule has 5 heteroatoms. The number of amides is 1. The molecule has 0 aliphatic heterocycles. The number of thioether (sulfide) groups is 1. The Bertz CT molecular complexity index is 184. The molecule has 0 N–H and O–H groups in total. The predicted octanol–water partition coefficient (Wildman–Crippen LogP) is 0.371. The van der Waals surface area contributed by atoms with Crippen LogP contribution < -0.4 is 0 Å². The van der Waals surface area contributed by atoms with Crippen LogP contribution in [-0.4, -0.2) is 49.5 Å². The van der Waals surface area contributed by atoms with Crippen LogP contribution in [0.3, 0.4) is 0 Å². The summed E-state index contributed by atoms with van der Waals surface area (Å²) in [5.74, 6) is 0.365. The van der Waals surface area contributed by atoms with Crippen LogP contribution in [0.4, 0.5) is 0 Å². The lowest BCUT2D eigenvalue weighted by Crippen LogP contribution is -2.32. The van der Waals surface area contributed by atoms with E-state index in [-0.39, 0.29) is 18.4 Å². The first-order valence-electron chi connectivity index (χ1n) is 3.91. The Morgan fingerprint density at radius 3 is 2.54 bits per heavy atom. The smallest absolute Gasteiger partial charge is 0.325 e. The van der Waals surface area contributed by atoms with E-state index in [0.717, 1.165) is 5.75 Å². The summed E-state index contributed by atoms with van der Waals surface area (Å²) in [5.41, 5.74) is 0. The second-order valence-corrected chi connectivity index (χ2v) is 3.55. The SMILES string of the molecule is COC(=O)CN(C)C(=O)CCSC. The van der Waals surface area contributed by atoms with E-state index >= 15 is 0 Å². The molecule has 0 fully saturated rings. The van der Waals surface area contributed by atoms with Gasteiger partial charge in [0.1, 0.15) is 6.54 Å². The van der Waals surface area contributed by atoms with Gasteiger partial charge in [0.2, 0.25) is 5.91 Å². The minimum Gasteiger partial charge on any atom is -0.468 e. The summed E-state index contributed by atoms with van der Waals surface area (Å²) in [5, 5.41) is 0. The van der Waals surface area contributed by atoms with Gasteiger partial charge in [-0.05, 0) is 6.26 Å². The minimum absolute atomic E-state index is 0.0280. The number of esters is 1. The average Bonchev–Trinajstić information content (AvgIpc) is 2.13. The summed E-state index contributed by atoms with van der Waals surface area (Å²) >= 11 is 1.61. The summed E-state index contributed by atoms with van der Waals surface area (Å²) < 4.78 is 4.44. The molecular formula is C8H15NO3S. The molecule has 0 saturated heterocycles. The third-order valence-corrected chi connectivity index (χ3v) is 2.15. The molecule has 0 aromatic heterocycles. The van der Waals surface area contributed by atoms with Crippen molar-refractivity contribution in [2.45, 2.75) is 6.42 Å². The van der Waals surface area contributed by atoms with Crippen LogP contribution in [0.1, 0.15) is 6.42 Å². The number of methoxy groups -OCH3 is 1. The van der Waals surface area contributed by atoms with E-state index in [1.165, 1.54) is 12.0 Å². The van der Waals surface area contributed by atoms with Crippen molar-refractivity contribution in [1.82, 2.24) is 4.90 Å². The molecule has 0 bridgehead atoms. The van der Waals surface area contributed by atoms with Crippen molar-refractivity contribution in [3.63, 3.8) is 0 Å². The normalized spacial score (nSPS) is 9.46. The fourth-order valence-electron chi connectivity index (χ4n) is 0.727. The van der Waals surface area contributed by atoms with Gasteiger partial charge in [0, 0.05) is 19.2 Å². The molecule has 4 nitrogen and oxygen atoms in total. The molecule has 0 heterocycles. The van der Waals surface area contributed by atoms with Gasteiger partial charge in [-0.1, -0.05) is 0 Å². The molecule has 0 atom stereocenters. The van der Waals surface area contributed by atoms with Gasteiger partial charge in [-0.2, -0.15) is 11.8 Å². The van der Waals surface area contributed by atoms with Crippen LogP contribution in [0.25, 0.3) is 0 Å². The Morgan fingerprint density at radius 2 is 2.08 bits per heavy atom. The van der Waals surface area contributed by atoms with E-state index in [4.69, 9.17) is 0 Å². The molecule has 0 unspecified atom stereocenters. The van der Waals surface area contributed by atoms with Crippen molar-refractivity contribution >= 4 is 23.6 Å². The summed E-state index contributed by atoms with van der Waals surface area (Å²) in [6.07, 6.45) is 2.41. The highest BCUT2D eigenvalue weighted by molar-refractivity contribution is 7.98. The summed E-state index contributed by atoms with van der Waals surface area (Å²) in [4.78, 5) is 23.4. The Balaban J connectivity index is 3.75. The lowest BCUT2D eigenvalue weighted by Gasteiger charge is -2.14. The molecule has 0 rings (SSSR count). The highest BCUT2D eigenvalue weighted by Gasteiger charge is 2.11. The fraction of sp³-hybridized carbons (Fsp3) is 0.750. The summed E-state index contributed by atoms with van der Waals surface area (Å²) in [6, 6.07) is 0. The maximum atomic E-state index is 11.3. The first-order chi connectivity index (χ1) is 6.11. The third-order valence-electron chi connectivity index (χ3n) is 1.54. The monoisotopic (exact) mass is 205 g/mol. The second kappa shape index (κ2) is 6.77. The number of hydrogen-bond donors (Lipinski definition) is 0. The van der Waals surface area contributed by atoms with Crippen LogP contribution in [0, 0.1) is 0 Å². The third kappa shape index (κ3) is 5.52. The molecular weight excluding hydrogens is 190 g/mol. The van der Waals surface area contributed by atoms with Gasteiger partial charge in [-0.25, -0.2) is 0 Å². The largest absolute Gasteiger partial charge is 0.468 e. The van der Waals surface area contributed by atoms with E-state index in [9.17, 15) is 9.59 Å². The van der Waals surface area contributed by atoms with Crippen molar-refractivity contribution in [3.8, 4) is 0 Å². The average molecular weight is 205 g/mol. The topological polar surface area (TPSA) is 46.6 Å². The van der Waals surface area contributed by atoms with Crippen molar-refractivity contribution in [3.05, 3.63) is 0 Å². The van der Waals surface area contributed by atoms with Crippen molar-refractivity contribution in [2.24, 2.45) is 0 Å². The highest BCUT2D eigenvalue weighted by Crippen LogP contribution is 1.98. The number of nitrogens with zero attached hydrogens (tertiary/aromatic N) is 1. The van der Waals surface area contributed by atoms with E-state index in [1.54, 1.807) is 18.8 Å². The van der Waals surface area contributed by atoms with Crippen LogP contribution in [0.5, 0.6) is 0 Å². The Labute approximate surface area is 82.6 Å². The van der Waals surface area contributed by atoms with Gasteiger partial charge in [-0.3, -0.25) is 9.59 Å². The molecule has 0 aromatic rings. The number of likely N-dealkylation sites (N-methyl/N-ethyl adjacent to an activating group) is 1. The van der Waals surface area contributed by atoms with E-state index in [0.29, 0.717) is 6.42 Å². The van der Waals surface area contributed by atoms with Gasteiger partial charge >= 0.3 is 5.97 Å². The Morgan fingerprint density at radius 1 is 1.46 bits per heavy atom. The van der Waals surface area contributed by atoms with Gasteiger partial charge in [0.25, 0.3) is 0 Å². The molecule has 13 heavy (non-hydrogen) atoms. The van der Waals surface area contributed by atoms with Crippen LogP contribution >= 0.6 is 11.8 Å². The predicted molar refractivity (Wildman–Crippen MR) is 52.7 cm³/mol. The minimum atomic E-state index is -0.389. The first kappa shape index (κ1) is 12.3. The molecule has 0 aromatic carbocycles. The Kier molecular flexibility index (Phi) is 6.40. The zero-order valence-electron chi connectivity index (χ0n) is 8.20. The van der Waals surface area contributed by atoms with Gasteiger partial charge < -0.3 is 9.64 Å². The van der Waals surface area contributed by atoms with Gasteiger partial charge in [0.05, 0.1) is 7.11 Å². The van der Waals surface area contributed by atoms with Crippen molar-refractivity contribution in [1.29, 1.82) is 0 Å². The van der Waals surface area contributed by atoms with Gasteiger partial charge in [0.15, 0.2) is 0 Å². The molecule has 0 saturated carbocycles. The molecule has 0 spiro atoms. The van der Waals surface area contributed by atoms with Crippen LogP contribution in [0.15, 0.2) is 0 Å². The van der Waals surface area contributed by atoms with E-state index in [2.05, 4.69) is 4.74 Å².